The van der Waals surface area contributed by atoms with Crippen LogP contribution in [-0.4, -0.2) is 46.2 Å². The van der Waals surface area contributed by atoms with Crippen molar-refractivity contribution in [1.82, 2.24) is 15.3 Å². The molecule has 0 saturated heterocycles. The summed E-state index contributed by atoms with van der Waals surface area (Å²) in [6.07, 6.45) is -3.79. The van der Waals surface area contributed by atoms with Gasteiger partial charge in [0.05, 0.1) is 27.5 Å². The first kappa shape index (κ1) is 30.7. The number of aryl methyl sites for hydroxylation is 1. The van der Waals surface area contributed by atoms with Crippen LogP contribution in [0.15, 0.2) is 54.0 Å². The van der Waals surface area contributed by atoms with E-state index >= 15 is 0 Å². The zero-order valence-corrected chi connectivity index (χ0v) is 25.1. The predicted molar refractivity (Wildman–Crippen MR) is 161 cm³/mol. The average Bonchev–Trinajstić information content (AvgIpc) is 3.57. The standard InChI is InChI=1S/C31H23ClF4N4O4S/c1-14-6-15-7-16(8-20(32)23(15)38-10-14)27(41)39-12-30(43,31(34,35)36)22-9-19-25(44-13-29(19,2)28(37)42)24(40-22)18-11-45-26-17(18)4-3-5-21(26)33/h3-11,43H,12-13H2,1-2H3,(H2,37,42)(H,39,41)/t29-,30-/m0/s1. The number of pyridine rings is 2. The van der Waals surface area contributed by atoms with Crippen LogP contribution in [-0.2, 0) is 15.8 Å². The predicted octanol–water partition coefficient (Wildman–Crippen LogP) is 5.93. The molecule has 8 nitrogen and oxygen atoms in total. The Morgan fingerprint density at radius 3 is 2.69 bits per heavy atom. The number of fused-ring (bicyclic) bond motifs is 3. The van der Waals surface area contributed by atoms with E-state index in [0.29, 0.717) is 16.3 Å². The van der Waals surface area contributed by atoms with Crippen molar-refractivity contribution in [2.24, 2.45) is 5.73 Å². The zero-order valence-electron chi connectivity index (χ0n) is 23.6. The summed E-state index contributed by atoms with van der Waals surface area (Å²) in [6.45, 7) is 1.52. The molecule has 0 unspecified atom stereocenters. The molecule has 4 N–H and O–H groups in total. The lowest BCUT2D eigenvalue weighted by molar-refractivity contribution is -0.265. The normalized spacial score (nSPS) is 17.6. The van der Waals surface area contributed by atoms with Crippen molar-refractivity contribution < 1.29 is 37.0 Å². The number of nitrogens with two attached hydrogens (primary N) is 1. The van der Waals surface area contributed by atoms with E-state index in [1.54, 1.807) is 25.3 Å². The lowest BCUT2D eigenvalue weighted by Crippen LogP contribution is -2.51. The second-order valence-corrected chi connectivity index (χ2v) is 12.4. The van der Waals surface area contributed by atoms with Crippen LogP contribution in [0.2, 0.25) is 5.02 Å². The van der Waals surface area contributed by atoms with Crippen molar-refractivity contribution in [1.29, 1.82) is 0 Å². The number of rotatable bonds is 6. The van der Waals surface area contributed by atoms with E-state index < -0.39 is 47.1 Å². The van der Waals surface area contributed by atoms with Crippen LogP contribution in [0, 0.1) is 12.7 Å². The van der Waals surface area contributed by atoms with Crippen molar-refractivity contribution in [3.05, 3.63) is 87.3 Å². The lowest BCUT2D eigenvalue weighted by Gasteiger charge is -2.31. The fraction of sp³-hybridized carbons (Fsp3) is 0.226. The van der Waals surface area contributed by atoms with Crippen molar-refractivity contribution in [3.8, 4) is 17.0 Å². The minimum atomic E-state index is -5.37. The van der Waals surface area contributed by atoms with Gasteiger partial charge in [-0.2, -0.15) is 13.2 Å². The van der Waals surface area contributed by atoms with Gasteiger partial charge in [0.15, 0.2) is 0 Å². The maximum absolute atomic E-state index is 14.8. The highest BCUT2D eigenvalue weighted by Crippen LogP contribution is 2.49. The number of nitrogens with zero attached hydrogens (tertiary/aromatic N) is 2. The van der Waals surface area contributed by atoms with Gasteiger partial charge in [0.2, 0.25) is 11.5 Å². The highest BCUT2D eigenvalue weighted by molar-refractivity contribution is 7.17. The summed E-state index contributed by atoms with van der Waals surface area (Å²) in [7, 11) is 0. The molecule has 2 aromatic carbocycles. The maximum atomic E-state index is 14.8. The number of alkyl halides is 3. The lowest BCUT2D eigenvalue weighted by atomic mass is 9.81. The van der Waals surface area contributed by atoms with E-state index in [2.05, 4.69) is 15.3 Å². The molecule has 6 rings (SSSR count). The van der Waals surface area contributed by atoms with Gasteiger partial charge in [-0.1, -0.05) is 23.7 Å². The van der Waals surface area contributed by atoms with Crippen LogP contribution >= 0.6 is 22.9 Å². The van der Waals surface area contributed by atoms with Gasteiger partial charge in [-0.05, 0) is 49.7 Å². The molecule has 0 fully saturated rings. The molecule has 232 valence electrons. The Bertz CT molecular complexity index is 2050. The summed E-state index contributed by atoms with van der Waals surface area (Å²) in [5.74, 6) is -2.40. The third kappa shape index (κ3) is 4.95. The Labute approximate surface area is 261 Å². The van der Waals surface area contributed by atoms with Gasteiger partial charge in [-0.25, -0.2) is 9.37 Å². The summed E-state index contributed by atoms with van der Waals surface area (Å²) in [6, 6.07) is 9.54. The Morgan fingerprint density at radius 2 is 1.98 bits per heavy atom. The highest BCUT2D eigenvalue weighted by Gasteiger charge is 2.57. The van der Waals surface area contributed by atoms with E-state index in [-0.39, 0.29) is 44.5 Å². The first-order chi connectivity index (χ1) is 21.1. The fourth-order valence-electron chi connectivity index (χ4n) is 5.28. The first-order valence-electron chi connectivity index (χ1n) is 13.4. The molecular formula is C31H23ClF4N4O4S. The number of aliphatic hydroxyl groups is 1. The Kier molecular flexibility index (Phi) is 7.26. The minimum Gasteiger partial charge on any atom is -0.489 e. The fourth-order valence-corrected chi connectivity index (χ4v) is 6.52. The molecule has 0 aliphatic carbocycles. The second kappa shape index (κ2) is 10.6. The minimum absolute atomic E-state index is 0.0210. The average molecular weight is 659 g/mol. The summed E-state index contributed by atoms with van der Waals surface area (Å²) in [4.78, 5) is 34.1. The molecule has 3 aromatic heterocycles. The van der Waals surface area contributed by atoms with Gasteiger partial charge in [0.25, 0.3) is 5.91 Å². The first-order valence-corrected chi connectivity index (χ1v) is 14.7. The molecule has 1 aliphatic heterocycles. The molecule has 0 spiro atoms. The van der Waals surface area contributed by atoms with Gasteiger partial charge in [0, 0.05) is 39.0 Å². The Hall–Kier alpha value is -4.33. The largest absolute Gasteiger partial charge is 0.489 e. The third-order valence-electron chi connectivity index (χ3n) is 7.96. The molecule has 4 heterocycles. The number of hydrogen-bond acceptors (Lipinski definition) is 7. The zero-order chi connectivity index (χ0) is 32.5. The number of amides is 2. The Balaban J connectivity index is 1.47. The molecule has 0 radical (unpaired) electrons. The summed E-state index contributed by atoms with van der Waals surface area (Å²) < 4.78 is 64.9. The van der Waals surface area contributed by atoms with Gasteiger partial charge in [-0.3, -0.25) is 14.6 Å². The number of aromatic nitrogens is 2. The summed E-state index contributed by atoms with van der Waals surface area (Å²) in [5, 5.41) is 15.9. The van der Waals surface area contributed by atoms with E-state index in [4.69, 9.17) is 22.1 Å². The summed E-state index contributed by atoms with van der Waals surface area (Å²) in [5.41, 5.74) is 0.554. The smallest absolute Gasteiger partial charge is 0.424 e. The SMILES string of the molecule is Cc1cnc2c(Cl)cc(C(=O)NC[C@](O)(c3cc4c(c(-c5csc6c(F)cccc56)n3)OC[C@]4(C)C(N)=O)C(F)(F)F)cc2c1. The molecule has 2 amide bonds. The molecule has 2 atom stereocenters. The van der Waals surface area contributed by atoms with E-state index in [1.807, 2.05) is 0 Å². The third-order valence-corrected chi connectivity index (χ3v) is 9.25. The number of halogens is 5. The topological polar surface area (TPSA) is 127 Å². The molecule has 0 saturated carbocycles. The van der Waals surface area contributed by atoms with Crippen LogP contribution in [0.25, 0.3) is 32.2 Å². The molecule has 5 aromatic rings. The number of hydrogen-bond donors (Lipinski definition) is 3. The van der Waals surface area contributed by atoms with Crippen LogP contribution < -0.4 is 15.8 Å². The van der Waals surface area contributed by atoms with Gasteiger partial charge < -0.3 is 20.9 Å². The van der Waals surface area contributed by atoms with Gasteiger partial charge >= 0.3 is 6.18 Å². The van der Waals surface area contributed by atoms with Crippen LogP contribution in [0.4, 0.5) is 17.6 Å². The monoisotopic (exact) mass is 658 g/mol. The van der Waals surface area contributed by atoms with E-state index in [0.717, 1.165) is 23.0 Å². The summed E-state index contributed by atoms with van der Waals surface area (Å²) >= 11 is 7.29. The number of primary amides is 1. The van der Waals surface area contributed by atoms with E-state index in [1.165, 1.54) is 36.6 Å². The number of carbonyl (C=O) groups is 2. The van der Waals surface area contributed by atoms with E-state index in [9.17, 15) is 32.3 Å². The maximum Gasteiger partial charge on any atom is 0.424 e. The van der Waals surface area contributed by atoms with Crippen LogP contribution in [0.1, 0.15) is 34.1 Å². The second-order valence-electron chi connectivity index (χ2n) is 11.1. The number of carbonyl (C=O) groups excluding carboxylic acids is 2. The molecule has 14 heteroatoms. The quantitative estimate of drug-likeness (QED) is 0.194. The van der Waals surface area contributed by atoms with Gasteiger partial charge in [0.1, 0.15) is 29.3 Å². The van der Waals surface area contributed by atoms with Crippen molar-refractivity contribution in [2.45, 2.75) is 31.0 Å². The van der Waals surface area contributed by atoms with Crippen LogP contribution in [0.5, 0.6) is 5.75 Å². The molecule has 0 bridgehead atoms. The number of nitrogens with one attached hydrogen (secondary N) is 1. The van der Waals surface area contributed by atoms with Crippen LogP contribution in [0.3, 0.4) is 0 Å². The number of benzene rings is 2. The Morgan fingerprint density at radius 1 is 1.22 bits per heavy atom. The highest BCUT2D eigenvalue weighted by atomic mass is 35.5. The van der Waals surface area contributed by atoms with Crippen molar-refractivity contribution >= 4 is 55.7 Å². The van der Waals surface area contributed by atoms with Crippen molar-refractivity contribution in [3.63, 3.8) is 0 Å². The van der Waals surface area contributed by atoms with Gasteiger partial charge in [-0.15, -0.1) is 11.3 Å². The van der Waals surface area contributed by atoms with Crippen molar-refractivity contribution in [2.75, 3.05) is 13.2 Å². The number of thiophene rings is 1. The number of ether oxygens (including phenoxy) is 1. The molecule has 45 heavy (non-hydrogen) atoms. The molecule has 1 aliphatic rings. The molecular weight excluding hydrogens is 636 g/mol.